The summed E-state index contributed by atoms with van der Waals surface area (Å²) < 4.78 is 31.4. The van der Waals surface area contributed by atoms with Crippen LogP contribution in [-0.2, 0) is 24.3 Å². The molecule has 0 saturated carbocycles. The molecule has 0 spiro atoms. The molecular weight excluding hydrogens is 344 g/mol. The predicted molar refractivity (Wildman–Crippen MR) is 92.3 cm³/mol. The molecule has 1 fully saturated rings. The second-order valence-corrected chi connectivity index (χ2v) is 7.64. The zero-order chi connectivity index (χ0) is 18.4. The highest BCUT2D eigenvalue weighted by molar-refractivity contribution is 7.89. The van der Waals surface area contributed by atoms with Crippen LogP contribution in [0.5, 0.6) is 0 Å². The van der Waals surface area contributed by atoms with Crippen molar-refractivity contribution in [3.05, 3.63) is 42.0 Å². The Labute approximate surface area is 147 Å². The van der Waals surface area contributed by atoms with E-state index in [9.17, 15) is 18.0 Å². The van der Waals surface area contributed by atoms with E-state index in [0.29, 0.717) is 0 Å². The van der Waals surface area contributed by atoms with Crippen LogP contribution in [0.2, 0.25) is 0 Å². The quantitative estimate of drug-likeness (QED) is 0.572. The molecule has 1 aliphatic heterocycles. The first kappa shape index (κ1) is 19.1. The van der Waals surface area contributed by atoms with Gasteiger partial charge in [-0.05, 0) is 26.0 Å². The van der Waals surface area contributed by atoms with Crippen LogP contribution in [-0.4, -0.2) is 62.3 Å². The molecule has 1 saturated heterocycles. The van der Waals surface area contributed by atoms with Crippen LogP contribution in [0.15, 0.2) is 41.3 Å². The largest absolute Gasteiger partial charge is 0.452 e. The van der Waals surface area contributed by atoms with Gasteiger partial charge in [0.15, 0.2) is 6.61 Å². The Hall–Kier alpha value is -2.19. The molecule has 1 aromatic rings. The maximum absolute atomic E-state index is 12.6. The molecule has 7 nitrogen and oxygen atoms in total. The Morgan fingerprint density at radius 2 is 1.72 bits per heavy atom. The highest BCUT2D eigenvalue weighted by Gasteiger charge is 2.30. The Bertz CT molecular complexity index is 748. The monoisotopic (exact) mass is 366 g/mol. The predicted octanol–water partition coefficient (Wildman–Crippen LogP) is 0.947. The van der Waals surface area contributed by atoms with Gasteiger partial charge in [-0.2, -0.15) is 4.31 Å². The van der Waals surface area contributed by atoms with E-state index in [1.54, 1.807) is 31.2 Å². The zero-order valence-electron chi connectivity index (χ0n) is 14.3. The highest BCUT2D eigenvalue weighted by atomic mass is 32.2. The second-order valence-electron chi connectivity index (χ2n) is 5.71. The van der Waals surface area contributed by atoms with E-state index in [4.69, 9.17) is 4.74 Å². The lowest BCUT2D eigenvalue weighted by Crippen LogP contribution is -2.51. The summed E-state index contributed by atoms with van der Waals surface area (Å²) in [6.45, 7) is 4.19. The Morgan fingerprint density at radius 1 is 1.12 bits per heavy atom. The smallest absolute Gasteiger partial charge is 0.330 e. The van der Waals surface area contributed by atoms with Crippen LogP contribution in [0.25, 0.3) is 0 Å². The molecule has 0 aromatic heterocycles. The van der Waals surface area contributed by atoms with Crippen molar-refractivity contribution >= 4 is 21.9 Å². The average molecular weight is 366 g/mol. The molecule has 0 atom stereocenters. The first-order valence-electron chi connectivity index (χ1n) is 7.98. The summed E-state index contributed by atoms with van der Waals surface area (Å²) in [4.78, 5) is 25.0. The van der Waals surface area contributed by atoms with Crippen molar-refractivity contribution in [2.24, 2.45) is 0 Å². The van der Waals surface area contributed by atoms with Crippen LogP contribution < -0.4 is 0 Å². The van der Waals surface area contributed by atoms with E-state index < -0.39 is 16.0 Å². The number of hydrogen-bond acceptors (Lipinski definition) is 5. The topological polar surface area (TPSA) is 84.0 Å². The number of nitrogens with zero attached hydrogens (tertiary/aromatic N) is 2. The summed E-state index contributed by atoms with van der Waals surface area (Å²) >= 11 is 0. The second kappa shape index (κ2) is 8.26. The summed E-state index contributed by atoms with van der Waals surface area (Å²) in [5.74, 6) is -0.901. The van der Waals surface area contributed by atoms with Crippen molar-refractivity contribution in [1.82, 2.24) is 9.21 Å². The summed E-state index contributed by atoms with van der Waals surface area (Å²) in [7, 11) is -3.56. The fourth-order valence-electron chi connectivity index (χ4n) is 2.45. The summed E-state index contributed by atoms with van der Waals surface area (Å²) in [6, 6.07) is 6.68. The van der Waals surface area contributed by atoms with Gasteiger partial charge in [-0.1, -0.05) is 23.8 Å². The van der Waals surface area contributed by atoms with Crippen molar-refractivity contribution in [1.29, 1.82) is 0 Å². The van der Waals surface area contributed by atoms with Gasteiger partial charge in [0.25, 0.3) is 5.91 Å². The van der Waals surface area contributed by atoms with Crippen molar-refractivity contribution in [3.63, 3.8) is 0 Å². The number of sulfonamides is 1. The molecule has 0 bridgehead atoms. The van der Waals surface area contributed by atoms with E-state index in [1.807, 2.05) is 6.92 Å². The molecule has 0 aliphatic carbocycles. The lowest BCUT2D eigenvalue weighted by molar-refractivity contribution is -0.148. The van der Waals surface area contributed by atoms with Crippen LogP contribution in [0.1, 0.15) is 12.5 Å². The van der Waals surface area contributed by atoms with E-state index in [1.165, 1.54) is 21.4 Å². The molecule has 25 heavy (non-hydrogen) atoms. The van der Waals surface area contributed by atoms with Crippen molar-refractivity contribution < 1.29 is 22.7 Å². The van der Waals surface area contributed by atoms with Gasteiger partial charge in [0.1, 0.15) is 0 Å². The minimum Gasteiger partial charge on any atom is -0.452 e. The minimum absolute atomic E-state index is 0.213. The number of benzene rings is 1. The van der Waals surface area contributed by atoms with Gasteiger partial charge in [0.05, 0.1) is 4.90 Å². The van der Waals surface area contributed by atoms with Gasteiger partial charge in [-0.25, -0.2) is 13.2 Å². The SMILES string of the molecule is C/C=C/C(=O)OCC(=O)N1CCN(S(=O)(=O)c2ccc(C)cc2)CC1. The van der Waals surface area contributed by atoms with E-state index in [-0.39, 0.29) is 43.6 Å². The first-order chi connectivity index (χ1) is 11.8. The van der Waals surface area contributed by atoms with E-state index in [2.05, 4.69) is 0 Å². The third-order valence-electron chi connectivity index (χ3n) is 3.89. The van der Waals surface area contributed by atoms with Crippen LogP contribution >= 0.6 is 0 Å². The zero-order valence-corrected chi connectivity index (χ0v) is 15.2. The van der Waals surface area contributed by atoms with Gasteiger partial charge < -0.3 is 9.64 Å². The van der Waals surface area contributed by atoms with Crippen molar-refractivity contribution in [3.8, 4) is 0 Å². The number of esters is 1. The molecule has 1 heterocycles. The van der Waals surface area contributed by atoms with E-state index >= 15 is 0 Å². The Morgan fingerprint density at radius 3 is 2.28 bits per heavy atom. The van der Waals surface area contributed by atoms with Crippen LogP contribution in [0.4, 0.5) is 0 Å². The Kier molecular flexibility index (Phi) is 6.33. The molecule has 0 unspecified atom stereocenters. The lowest BCUT2D eigenvalue weighted by atomic mass is 10.2. The van der Waals surface area contributed by atoms with Gasteiger partial charge in [0, 0.05) is 32.3 Å². The molecule has 1 aliphatic rings. The Balaban J connectivity index is 1.91. The van der Waals surface area contributed by atoms with Gasteiger partial charge in [0.2, 0.25) is 10.0 Å². The lowest BCUT2D eigenvalue weighted by Gasteiger charge is -2.33. The minimum atomic E-state index is -3.56. The third-order valence-corrected chi connectivity index (χ3v) is 5.80. The van der Waals surface area contributed by atoms with Gasteiger partial charge in [-0.3, -0.25) is 4.79 Å². The average Bonchev–Trinajstić information content (AvgIpc) is 2.60. The molecule has 0 N–H and O–H groups in total. The number of carbonyl (C=O) groups excluding carboxylic acids is 2. The number of hydrogen-bond donors (Lipinski definition) is 0. The number of ether oxygens (including phenoxy) is 1. The standard InChI is InChI=1S/C17H22N2O5S/c1-3-4-17(21)24-13-16(20)18-9-11-19(12-10-18)25(22,23)15-7-5-14(2)6-8-15/h3-8H,9-13H2,1-2H3/b4-3+. The molecule has 2 rings (SSSR count). The number of piperazine rings is 1. The molecule has 0 radical (unpaired) electrons. The van der Waals surface area contributed by atoms with Crippen LogP contribution in [0.3, 0.4) is 0 Å². The number of allylic oxidation sites excluding steroid dienone is 1. The fraction of sp³-hybridized carbons (Fsp3) is 0.412. The van der Waals surface area contributed by atoms with Gasteiger partial charge in [-0.15, -0.1) is 0 Å². The van der Waals surface area contributed by atoms with E-state index in [0.717, 1.165) is 5.56 Å². The third kappa shape index (κ3) is 4.90. The maximum Gasteiger partial charge on any atom is 0.330 e. The fourth-order valence-corrected chi connectivity index (χ4v) is 3.87. The highest BCUT2D eigenvalue weighted by Crippen LogP contribution is 2.18. The van der Waals surface area contributed by atoms with Crippen molar-refractivity contribution in [2.45, 2.75) is 18.7 Å². The number of amides is 1. The maximum atomic E-state index is 12.6. The van der Waals surface area contributed by atoms with Crippen molar-refractivity contribution in [2.75, 3.05) is 32.8 Å². The number of aryl methyl sites for hydroxylation is 1. The summed E-state index contributed by atoms with van der Waals surface area (Å²) in [5, 5.41) is 0. The molecule has 8 heteroatoms. The van der Waals surface area contributed by atoms with Crippen LogP contribution in [0, 0.1) is 6.92 Å². The normalized spacial score (nSPS) is 16.2. The molecule has 1 amide bonds. The summed E-state index contributed by atoms with van der Waals surface area (Å²) in [6.07, 6.45) is 2.76. The molecule has 1 aromatic carbocycles. The first-order valence-corrected chi connectivity index (χ1v) is 9.42. The molecular formula is C17H22N2O5S. The number of rotatable bonds is 5. The van der Waals surface area contributed by atoms with Gasteiger partial charge >= 0.3 is 5.97 Å². The number of carbonyl (C=O) groups is 2. The molecule has 136 valence electrons. The summed E-state index contributed by atoms with van der Waals surface area (Å²) in [5.41, 5.74) is 0.988.